The highest BCUT2D eigenvalue weighted by Crippen LogP contribution is 2.36. The number of rotatable bonds is 2. The number of nitrogens with zero attached hydrogens (tertiary/aromatic N) is 1. The second-order valence-corrected chi connectivity index (χ2v) is 8.34. The van der Waals surface area contributed by atoms with Gasteiger partial charge in [-0.2, -0.15) is 0 Å². The number of esters is 1. The van der Waals surface area contributed by atoms with E-state index in [-0.39, 0.29) is 23.7 Å². The lowest BCUT2D eigenvalue weighted by atomic mass is 9.99. The first-order valence-corrected chi connectivity index (χ1v) is 10.6. The van der Waals surface area contributed by atoms with Gasteiger partial charge >= 0.3 is 5.97 Å². The lowest BCUT2D eigenvalue weighted by Crippen LogP contribution is -2.30. The number of fused-ring (bicyclic) bond motifs is 3. The van der Waals surface area contributed by atoms with Crippen molar-refractivity contribution >= 4 is 22.6 Å². The molecule has 2 atom stereocenters. The molecule has 0 radical (unpaired) electrons. The van der Waals surface area contributed by atoms with Crippen LogP contribution in [0.15, 0.2) is 54.6 Å². The second-order valence-electron chi connectivity index (χ2n) is 8.34. The molecule has 31 heavy (non-hydrogen) atoms. The summed E-state index contributed by atoms with van der Waals surface area (Å²) >= 11 is 0. The van der Waals surface area contributed by atoms with E-state index in [0.717, 1.165) is 33.4 Å². The average Bonchev–Trinajstić information content (AvgIpc) is 3.39. The van der Waals surface area contributed by atoms with E-state index in [2.05, 4.69) is 12.1 Å². The largest absolute Gasteiger partial charge is 0.486 e. The van der Waals surface area contributed by atoms with E-state index in [0.29, 0.717) is 38.5 Å². The third-order valence-corrected chi connectivity index (χ3v) is 6.43. The van der Waals surface area contributed by atoms with Crippen LogP contribution < -0.4 is 9.47 Å². The molecule has 3 aliphatic rings. The van der Waals surface area contributed by atoms with E-state index in [1.807, 2.05) is 42.5 Å². The minimum Gasteiger partial charge on any atom is -0.486 e. The summed E-state index contributed by atoms with van der Waals surface area (Å²) in [5.74, 6) is 1.30. The summed E-state index contributed by atoms with van der Waals surface area (Å²) in [5.41, 5.74) is 2.78. The Morgan fingerprint density at radius 3 is 2.42 bits per heavy atom. The van der Waals surface area contributed by atoms with Crippen LogP contribution >= 0.6 is 0 Å². The fourth-order valence-corrected chi connectivity index (χ4v) is 4.73. The number of likely N-dealkylation sites (tertiary alicyclic amines) is 1. The molecule has 6 heteroatoms. The van der Waals surface area contributed by atoms with Crippen LogP contribution in [0.1, 0.15) is 10.4 Å². The van der Waals surface area contributed by atoms with E-state index < -0.39 is 0 Å². The predicted octanol–water partition coefficient (Wildman–Crippen LogP) is 3.52. The maximum absolute atomic E-state index is 13.0. The molecule has 0 aliphatic carbocycles. The molecule has 3 aliphatic heterocycles. The summed E-state index contributed by atoms with van der Waals surface area (Å²) in [4.78, 5) is 26.6. The smallest absolute Gasteiger partial charge is 0.311 e. The summed E-state index contributed by atoms with van der Waals surface area (Å²) in [6.07, 6.45) is 0. The Bertz CT molecular complexity index is 1220. The highest BCUT2D eigenvalue weighted by atomic mass is 16.6. The normalized spacial score (nSPS) is 21.8. The van der Waals surface area contributed by atoms with Gasteiger partial charge in [0.2, 0.25) is 0 Å². The minimum atomic E-state index is -0.175. The van der Waals surface area contributed by atoms with Crippen LogP contribution in [-0.2, 0) is 9.53 Å². The first-order valence-electron chi connectivity index (χ1n) is 10.6. The molecule has 0 aromatic heterocycles. The van der Waals surface area contributed by atoms with Crippen LogP contribution in [-0.4, -0.2) is 49.7 Å². The maximum atomic E-state index is 13.0. The Hall–Kier alpha value is -3.54. The molecule has 2 saturated heterocycles. The fourth-order valence-electron chi connectivity index (χ4n) is 4.73. The van der Waals surface area contributed by atoms with Crippen molar-refractivity contribution in [3.63, 3.8) is 0 Å². The molecule has 0 N–H and O–H groups in total. The number of ether oxygens (including phenoxy) is 3. The van der Waals surface area contributed by atoms with Gasteiger partial charge in [-0.3, -0.25) is 9.59 Å². The molecule has 6 rings (SSSR count). The molecule has 3 aromatic carbocycles. The molecule has 3 heterocycles. The minimum absolute atomic E-state index is 0.0278. The summed E-state index contributed by atoms with van der Waals surface area (Å²) in [7, 11) is 0. The van der Waals surface area contributed by atoms with E-state index in [9.17, 15) is 9.59 Å². The Morgan fingerprint density at radius 1 is 0.806 bits per heavy atom. The fraction of sp³-hybridized carbons (Fsp3) is 0.280. The van der Waals surface area contributed by atoms with Gasteiger partial charge in [-0.15, -0.1) is 0 Å². The standard InChI is InChI=1S/C25H21NO5/c27-24(26-12-20-14-31-25(28)21(20)13-26)19-4-3-15-9-16(1-2-17(15)10-19)18-5-6-22-23(11-18)30-8-7-29-22/h1-6,9-11,20-21H,7-8,12-14H2/t20-,21-/m1/s1. The Kier molecular flexibility index (Phi) is 4.13. The van der Waals surface area contributed by atoms with Crippen LogP contribution in [0.5, 0.6) is 11.5 Å². The number of amides is 1. The third kappa shape index (κ3) is 3.10. The van der Waals surface area contributed by atoms with E-state index in [4.69, 9.17) is 14.2 Å². The van der Waals surface area contributed by atoms with Crippen molar-refractivity contribution in [3.8, 4) is 22.6 Å². The lowest BCUT2D eigenvalue weighted by Gasteiger charge is -2.19. The van der Waals surface area contributed by atoms with Crippen molar-refractivity contribution in [2.75, 3.05) is 32.9 Å². The molecule has 6 nitrogen and oxygen atoms in total. The van der Waals surface area contributed by atoms with Crippen molar-refractivity contribution in [3.05, 3.63) is 60.2 Å². The number of carbonyl (C=O) groups is 2. The molecule has 0 bridgehead atoms. The number of cyclic esters (lactones) is 1. The number of hydrogen-bond acceptors (Lipinski definition) is 5. The summed E-state index contributed by atoms with van der Waals surface area (Å²) in [5, 5.41) is 2.07. The molecule has 156 valence electrons. The Labute approximate surface area is 179 Å². The van der Waals surface area contributed by atoms with Gasteiger partial charge in [-0.25, -0.2) is 0 Å². The van der Waals surface area contributed by atoms with Crippen LogP contribution in [0, 0.1) is 11.8 Å². The third-order valence-electron chi connectivity index (χ3n) is 6.43. The monoisotopic (exact) mass is 415 g/mol. The van der Waals surface area contributed by atoms with Crippen molar-refractivity contribution in [1.82, 2.24) is 4.90 Å². The molecule has 3 aromatic rings. The van der Waals surface area contributed by atoms with Gasteiger partial charge in [-0.05, 0) is 52.2 Å². The quantitative estimate of drug-likeness (QED) is 0.599. The first-order chi connectivity index (χ1) is 15.2. The van der Waals surface area contributed by atoms with Crippen LogP contribution in [0.4, 0.5) is 0 Å². The zero-order valence-corrected chi connectivity index (χ0v) is 16.9. The molecule has 0 unspecified atom stereocenters. The lowest BCUT2D eigenvalue weighted by molar-refractivity contribution is -0.141. The van der Waals surface area contributed by atoms with Crippen LogP contribution in [0.3, 0.4) is 0 Å². The molecular formula is C25H21NO5. The van der Waals surface area contributed by atoms with Crippen LogP contribution in [0.25, 0.3) is 21.9 Å². The number of benzene rings is 3. The Balaban J connectivity index is 1.26. The summed E-state index contributed by atoms with van der Waals surface area (Å²) in [6.45, 7) is 2.59. The summed E-state index contributed by atoms with van der Waals surface area (Å²) in [6, 6.07) is 18.0. The first kappa shape index (κ1) is 18.2. The maximum Gasteiger partial charge on any atom is 0.311 e. The van der Waals surface area contributed by atoms with Gasteiger partial charge in [-0.1, -0.05) is 24.3 Å². The van der Waals surface area contributed by atoms with Crippen molar-refractivity contribution in [2.24, 2.45) is 11.8 Å². The Morgan fingerprint density at radius 2 is 1.55 bits per heavy atom. The molecule has 0 spiro atoms. The zero-order valence-electron chi connectivity index (χ0n) is 16.9. The highest BCUT2D eigenvalue weighted by Gasteiger charge is 2.45. The highest BCUT2D eigenvalue weighted by molar-refractivity contribution is 6.00. The molecule has 2 fully saturated rings. The van der Waals surface area contributed by atoms with Gasteiger partial charge in [0.05, 0.1) is 12.5 Å². The van der Waals surface area contributed by atoms with Gasteiger partial charge < -0.3 is 19.1 Å². The zero-order chi connectivity index (χ0) is 20.9. The number of hydrogen-bond donors (Lipinski definition) is 0. The topological polar surface area (TPSA) is 65.1 Å². The predicted molar refractivity (Wildman–Crippen MR) is 114 cm³/mol. The van der Waals surface area contributed by atoms with Gasteiger partial charge in [0, 0.05) is 24.6 Å². The van der Waals surface area contributed by atoms with Crippen molar-refractivity contribution in [2.45, 2.75) is 0 Å². The SMILES string of the molecule is O=C1OC[C@H]2CN(C(=O)c3ccc4cc(-c5ccc6c(c5)OCCO6)ccc4c3)C[C@@H]12. The van der Waals surface area contributed by atoms with Gasteiger partial charge in [0.15, 0.2) is 11.5 Å². The van der Waals surface area contributed by atoms with E-state index in [1.54, 1.807) is 4.90 Å². The second kappa shape index (κ2) is 7.01. The molecule has 1 amide bonds. The van der Waals surface area contributed by atoms with Gasteiger partial charge in [0.25, 0.3) is 5.91 Å². The van der Waals surface area contributed by atoms with Gasteiger partial charge in [0.1, 0.15) is 13.2 Å². The molecule has 0 saturated carbocycles. The van der Waals surface area contributed by atoms with E-state index in [1.165, 1.54) is 0 Å². The molecular weight excluding hydrogens is 394 g/mol. The van der Waals surface area contributed by atoms with Crippen molar-refractivity contribution in [1.29, 1.82) is 0 Å². The number of carbonyl (C=O) groups excluding carboxylic acids is 2. The average molecular weight is 415 g/mol. The summed E-state index contributed by atoms with van der Waals surface area (Å²) < 4.78 is 16.4. The van der Waals surface area contributed by atoms with Crippen molar-refractivity contribution < 1.29 is 23.8 Å². The van der Waals surface area contributed by atoms with E-state index >= 15 is 0 Å². The van der Waals surface area contributed by atoms with Crippen LogP contribution in [0.2, 0.25) is 0 Å².